The van der Waals surface area contributed by atoms with Gasteiger partial charge in [-0.1, -0.05) is 27.7 Å². The molecule has 0 saturated heterocycles. The Kier molecular flexibility index (Phi) is 7.06. The van der Waals surface area contributed by atoms with Crippen LogP contribution in [-0.2, 0) is 6.18 Å². The Balaban J connectivity index is 2.76. The minimum Gasteiger partial charge on any atom is -0.353 e. The Labute approximate surface area is 130 Å². The standard InChI is InChI=1S/C15H25F3N4/c1-5-22(6-2)12(9-11(3)4)10-20-14-19-8-7-13(21-14)15(16,17)18/h7-8,11-12H,5-6,9-10H2,1-4H3,(H,19,20,21)/t12-/m1/s1. The average Bonchev–Trinajstić information content (AvgIpc) is 2.44. The number of nitrogens with zero attached hydrogens (tertiary/aromatic N) is 3. The normalized spacial score (nSPS) is 13.7. The molecular weight excluding hydrogens is 293 g/mol. The highest BCUT2D eigenvalue weighted by Gasteiger charge is 2.32. The Morgan fingerprint density at radius 2 is 1.86 bits per heavy atom. The lowest BCUT2D eigenvalue weighted by atomic mass is 10.0. The fourth-order valence-corrected chi connectivity index (χ4v) is 2.46. The molecule has 0 amide bonds. The van der Waals surface area contributed by atoms with Gasteiger partial charge in [0, 0.05) is 18.8 Å². The number of alkyl halides is 3. The molecule has 0 spiro atoms. The third kappa shape index (κ3) is 5.79. The SMILES string of the molecule is CCN(CC)[C@@H](CNc1nccc(C(F)(F)F)n1)CC(C)C. The van der Waals surface area contributed by atoms with Crippen LogP contribution < -0.4 is 5.32 Å². The zero-order chi connectivity index (χ0) is 16.8. The first-order valence-corrected chi connectivity index (χ1v) is 7.66. The maximum absolute atomic E-state index is 12.6. The van der Waals surface area contributed by atoms with Crippen molar-refractivity contribution in [2.45, 2.75) is 46.3 Å². The van der Waals surface area contributed by atoms with Crippen LogP contribution in [0.2, 0.25) is 0 Å². The Morgan fingerprint density at radius 1 is 1.23 bits per heavy atom. The number of likely N-dealkylation sites (N-methyl/N-ethyl adjacent to an activating group) is 1. The van der Waals surface area contributed by atoms with Crippen LogP contribution in [0.25, 0.3) is 0 Å². The number of anilines is 1. The number of aromatic nitrogens is 2. The predicted molar refractivity (Wildman–Crippen MR) is 81.7 cm³/mol. The van der Waals surface area contributed by atoms with Gasteiger partial charge >= 0.3 is 6.18 Å². The van der Waals surface area contributed by atoms with Crippen molar-refractivity contribution in [3.05, 3.63) is 18.0 Å². The number of rotatable bonds is 8. The molecule has 1 N–H and O–H groups in total. The fourth-order valence-electron chi connectivity index (χ4n) is 2.46. The molecule has 1 rings (SSSR count). The molecule has 7 heteroatoms. The Hall–Kier alpha value is -1.37. The van der Waals surface area contributed by atoms with E-state index in [1.807, 2.05) is 0 Å². The molecule has 0 radical (unpaired) electrons. The minimum atomic E-state index is -4.45. The third-order valence-electron chi connectivity index (χ3n) is 3.51. The van der Waals surface area contributed by atoms with Crippen molar-refractivity contribution in [1.29, 1.82) is 0 Å². The molecule has 0 aliphatic carbocycles. The Bertz CT molecular complexity index is 445. The van der Waals surface area contributed by atoms with Crippen LogP contribution in [0.3, 0.4) is 0 Å². The zero-order valence-electron chi connectivity index (χ0n) is 13.6. The van der Waals surface area contributed by atoms with Crippen LogP contribution in [0, 0.1) is 5.92 Å². The van der Waals surface area contributed by atoms with E-state index in [1.54, 1.807) is 0 Å². The van der Waals surface area contributed by atoms with Crippen molar-refractivity contribution in [3.8, 4) is 0 Å². The van der Waals surface area contributed by atoms with Gasteiger partial charge in [-0.05, 0) is 31.5 Å². The minimum absolute atomic E-state index is 0.0238. The van der Waals surface area contributed by atoms with Gasteiger partial charge in [0.25, 0.3) is 0 Å². The topological polar surface area (TPSA) is 41.0 Å². The molecule has 0 aromatic carbocycles. The molecule has 22 heavy (non-hydrogen) atoms. The van der Waals surface area contributed by atoms with Crippen molar-refractivity contribution in [1.82, 2.24) is 14.9 Å². The summed E-state index contributed by atoms with van der Waals surface area (Å²) in [5.74, 6) is 0.533. The van der Waals surface area contributed by atoms with Gasteiger partial charge < -0.3 is 5.32 Å². The first-order chi connectivity index (χ1) is 10.3. The van der Waals surface area contributed by atoms with Gasteiger partial charge in [0.15, 0.2) is 0 Å². The smallest absolute Gasteiger partial charge is 0.353 e. The van der Waals surface area contributed by atoms with Crippen LogP contribution >= 0.6 is 0 Å². The van der Waals surface area contributed by atoms with Crippen LogP contribution in [-0.4, -0.2) is 40.5 Å². The summed E-state index contributed by atoms with van der Waals surface area (Å²) in [7, 11) is 0. The van der Waals surface area contributed by atoms with E-state index in [0.717, 1.165) is 31.8 Å². The second-order valence-corrected chi connectivity index (χ2v) is 5.65. The molecule has 0 aliphatic rings. The van der Waals surface area contributed by atoms with Gasteiger partial charge in [-0.3, -0.25) is 4.90 Å². The van der Waals surface area contributed by atoms with Gasteiger partial charge in [-0.2, -0.15) is 13.2 Å². The van der Waals surface area contributed by atoms with E-state index < -0.39 is 11.9 Å². The number of halogens is 3. The molecule has 0 bridgehead atoms. The van der Waals surface area contributed by atoms with Gasteiger partial charge in [0.1, 0.15) is 5.69 Å². The van der Waals surface area contributed by atoms with Gasteiger partial charge in [0.2, 0.25) is 5.95 Å². The number of hydrogen-bond donors (Lipinski definition) is 1. The quantitative estimate of drug-likeness (QED) is 0.794. The van der Waals surface area contributed by atoms with Gasteiger partial charge in [-0.25, -0.2) is 9.97 Å². The highest BCUT2D eigenvalue weighted by molar-refractivity contribution is 5.26. The summed E-state index contributed by atoms with van der Waals surface area (Å²) in [5.41, 5.74) is -0.923. The monoisotopic (exact) mass is 318 g/mol. The second kappa shape index (κ2) is 8.31. The largest absolute Gasteiger partial charge is 0.433 e. The van der Waals surface area contributed by atoms with E-state index in [0.29, 0.717) is 12.5 Å². The molecule has 0 fully saturated rings. The van der Waals surface area contributed by atoms with Crippen molar-refractivity contribution < 1.29 is 13.2 Å². The molecule has 1 aromatic rings. The molecule has 1 heterocycles. The van der Waals surface area contributed by atoms with Gasteiger partial charge in [0.05, 0.1) is 0 Å². The highest BCUT2D eigenvalue weighted by atomic mass is 19.4. The van der Waals surface area contributed by atoms with Crippen LogP contribution in [0.15, 0.2) is 12.3 Å². The average molecular weight is 318 g/mol. The van der Waals surface area contributed by atoms with Crippen molar-refractivity contribution in [3.63, 3.8) is 0 Å². The molecule has 0 unspecified atom stereocenters. The van der Waals surface area contributed by atoms with E-state index in [1.165, 1.54) is 0 Å². The summed E-state index contributed by atoms with van der Waals surface area (Å²) in [5, 5.41) is 2.95. The van der Waals surface area contributed by atoms with E-state index >= 15 is 0 Å². The predicted octanol–water partition coefficient (Wildman–Crippen LogP) is 3.66. The van der Waals surface area contributed by atoms with E-state index in [-0.39, 0.29) is 12.0 Å². The molecular formula is C15H25F3N4. The molecule has 4 nitrogen and oxygen atoms in total. The lowest BCUT2D eigenvalue weighted by molar-refractivity contribution is -0.141. The van der Waals surface area contributed by atoms with Crippen LogP contribution in [0.5, 0.6) is 0 Å². The lowest BCUT2D eigenvalue weighted by Crippen LogP contribution is -2.41. The van der Waals surface area contributed by atoms with E-state index in [2.05, 4.69) is 47.9 Å². The summed E-state index contributed by atoms with van der Waals surface area (Å²) in [4.78, 5) is 9.71. The Morgan fingerprint density at radius 3 is 2.36 bits per heavy atom. The number of nitrogens with one attached hydrogen (secondary N) is 1. The maximum atomic E-state index is 12.6. The molecule has 0 aliphatic heterocycles. The summed E-state index contributed by atoms with van der Waals surface area (Å²) in [6, 6.07) is 1.12. The molecule has 0 saturated carbocycles. The fraction of sp³-hybridized carbons (Fsp3) is 0.733. The number of hydrogen-bond acceptors (Lipinski definition) is 4. The van der Waals surface area contributed by atoms with Crippen molar-refractivity contribution in [2.75, 3.05) is 25.0 Å². The van der Waals surface area contributed by atoms with Gasteiger partial charge in [-0.15, -0.1) is 0 Å². The maximum Gasteiger partial charge on any atom is 0.433 e. The molecule has 1 atom stereocenters. The molecule has 1 aromatic heterocycles. The van der Waals surface area contributed by atoms with E-state index in [4.69, 9.17) is 0 Å². The highest BCUT2D eigenvalue weighted by Crippen LogP contribution is 2.27. The van der Waals surface area contributed by atoms with Crippen molar-refractivity contribution >= 4 is 5.95 Å². The molecule has 126 valence electrons. The summed E-state index contributed by atoms with van der Waals surface area (Å²) in [6.45, 7) is 10.8. The zero-order valence-corrected chi connectivity index (χ0v) is 13.6. The lowest BCUT2D eigenvalue weighted by Gasteiger charge is -2.31. The summed E-state index contributed by atoms with van der Waals surface area (Å²) < 4.78 is 37.9. The van der Waals surface area contributed by atoms with Crippen LogP contribution in [0.1, 0.15) is 39.8 Å². The second-order valence-electron chi connectivity index (χ2n) is 5.65. The van der Waals surface area contributed by atoms with E-state index in [9.17, 15) is 13.2 Å². The first-order valence-electron chi connectivity index (χ1n) is 7.66. The first kappa shape index (κ1) is 18.7. The third-order valence-corrected chi connectivity index (χ3v) is 3.51. The summed E-state index contributed by atoms with van der Waals surface area (Å²) in [6.07, 6.45) is -2.35. The summed E-state index contributed by atoms with van der Waals surface area (Å²) >= 11 is 0. The van der Waals surface area contributed by atoms with Crippen molar-refractivity contribution in [2.24, 2.45) is 5.92 Å². The van der Waals surface area contributed by atoms with Crippen LogP contribution in [0.4, 0.5) is 19.1 Å².